The zero-order valence-electron chi connectivity index (χ0n) is 11.3. The molecule has 1 aromatic heterocycles. The zero-order valence-corrected chi connectivity index (χ0v) is 11.3. The fourth-order valence-corrected chi connectivity index (χ4v) is 2.34. The van der Waals surface area contributed by atoms with E-state index >= 15 is 0 Å². The van der Waals surface area contributed by atoms with Crippen molar-refractivity contribution in [3.8, 4) is 0 Å². The number of pyridine rings is 1. The molecule has 0 aliphatic rings. The van der Waals surface area contributed by atoms with Gasteiger partial charge in [0, 0.05) is 17.1 Å². The molecule has 0 amide bonds. The van der Waals surface area contributed by atoms with Crippen molar-refractivity contribution >= 4 is 10.9 Å². The number of aryl methyl sites for hydroxylation is 1. The van der Waals surface area contributed by atoms with Crippen LogP contribution in [0.1, 0.15) is 30.6 Å². The lowest BCUT2D eigenvalue weighted by molar-refractivity contribution is 0.593. The number of rotatable bonds is 4. The van der Waals surface area contributed by atoms with E-state index in [1.165, 1.54) is 16.5 Å². The van der Waals surface area contributed by atoms with Crippen molar-refractivity contribution < 1.29 is 0 Å². The van der Waals surface area contributed by atoms with Crippen LogP contribution in [0.2, 0.25) is 0 Å². The normalized spacial score (nSPS) is 12.6. The predicted molar refractivity (Wildman–Crippen MR) is 77.7 cm³/mol. The largest absolute Gasteiger partial charge is 0.313 e. The van der Waals surface area contributed by atoms with Gasteiger partial charge in [-0.25, -0.2) is 0 Å². The lowest BCUT2D eigenvalue weighted by atomic mass is 9.96. The van der Waals surface area contributed by atoms with Gasteiger partial charge in [-0.05, 0) is 45.0 Å². The molecule has 0 radical (unpaired) electrons. The van der Waals surface area contributed by atoms with Crippen LogP contribution in [0.4, 0.5) is 0 Å². The highest BCUT2D eigenvalue weighted by Gasteiger charge is 2.13. The first-order valence-corrected chi connectivity index (χ1v) is 6.29. The molecule has 18 heavy (non-hydrogen) atoms. The topological polar surface area (TPSA) is 24.9 Å². The Labute approximate surface area is 109 Å². The van der Waals surface area contributed by atoms with E-state index in [1.807, 2.05) is 20.0 Å². The Morgan fingerprint density at radius 2 is 2.11 bits per heavy atom. The standard InChI is InChI=1S/C16H20N2/c1-11(2)9-16(17-4)14-10-12(3)18-15-8-6-5-7-13(14)15/h5-8,10,16-17H,1,9H2,2-4H3. The van der Waals surface area contributed by atoms with E-state index < -0.39 is 0 Å². The molecule has 1 unspecified atom stereocenters. The molecule has 1 atom stereocenters. The Morgan fingerprint density at radius 3 is 2.78 bits per heavy atom. The van der Waals surface area contributed by atoms with Crippen molar-refractivity contribution in [1.82, 2.24) is 10.3 Å². The molecular formula is C16H20N2. The van der Waals surface area contributed by atoms with Crippen LogP contribution in [-0.2, 0) is 0 Å². The SMILES string of the molecule is C=C(C)CC(NC)c1cc(C)nc2ccccc12. The van der Waals surface area contributed by atoms with Crippen LogP contribution in [0.15, 0.2) is 42.5 Å². The summed E-state index contributed by atoms with van der Waals surface area (Å²) >= 11 is 0. The third-order valence-electron chi connectivity index (χ3n) is 3.15. The first kappa shape index (κ1) is 12.8. The average Bonchev–Trinajstić information content (AvgIpc) is 2.34. The minimum atomic E-state index is 0.300. The Morgan fingerprint density at radius 1 is 1.39 bits per heavy atom. The molecule has 94 valence electrons. The maximum Gasteiger partial charge on any atom is 0.0708 e. The summed E-state index contributed by atoms with van der Waals surface area (Å²) in [4.78, 5) is 4.58. The van der Waals surface area contributed by atoms with Crippen LogP contribution in [0.5, 0.6) is 0 Å². The van der Waals surface area contributed by atoms with Crippen LogP contribution in [0.3, 0.4) is 0 Å². The molecule has 0 spiro atoms. The lowest BCUT2D eigenvalue weighted by Gasteiger charge is -2.19. The Bertz CT molecular complexity index is 572. The van der Waals surface area contributed by atoms with Gasteiger partial charge in [-0.3, -0.25) is 4.98 Å². The number of aromatic nitrogens is 1. The summed E-state index contributed by atoms with van der Waals surface area (Å²) in [7, 11) is 2.00. The number of benzene rings is 1. The second-order valence-electron chi connectivity index (χ2n) is 4.87. The lowest BCUT2D eigenvalue weighted by Crippen LogP contribution is -2.17. The van der Waals surface area contributed by atoms with E-state index in [4.69, 9.17) is 0 Å². The fourth-order valence-electron chi connectivity index (χ4n) is 2.34. The van der Waals surface area contributed by atoms with Crippen molar-refractivity contribution in [3.05, 3.63) is 53.7 Å². The summed E-state index contributed by atoms with van der Waals surface area (Å²) < 4.78 is 0. The van der Waals surface area contributed by atoms with E-state index in [9.17, 15) is 0 Å². The third kappa shape index (κ3) is 2.59. The zero-order chi connectivity index (χ0) is 13.1. The maximum atomic E-state index is 4.58. The molecule has 0 bridgehead atoms. The van der Waals surface area contributed by atoms with Gasteiger partial charge in [0.1, 0.15) is 0 Å². The molecule has 0 aliphatic heterocycles. The molecule has 2 rings (SSSR count). The first-order valence-electron chi connectivity index (χ1n) is 6.29. The molecular weight excluding hydrogens is 220 g/mol. The Balaban J connectivity index is 2.57. The predicted octanol–water partition coefficient (Wildman–Crippen LogP) is 3.77. The highest BCUT2D eigenvalue weighted by Crippen LogP contribution is 2.27. The summed E-state index contributed by atoms with van der Waals surface area (Å²) in [5, 5.41) is 4.61. The molecule has 0 saturated heterocycles. The van der Waals surface area contributed by atoms with E-state index in [-0.39, 0.29) is 0 Å². The summed E-state index contributed by atoms with van der Waals surface area (Å²) in [6.45, 7) is 8.13. The van der Waals surface area contributed by atoms with Gasteiger partial charge in [-0.1, -0.05) is 23.8 Å². The molecule has 0 aliphatic carbocycles. The number of nitrogens with one attached hydrogen (secondary N) is 1. The molecule has 1 heterocycles. The van der Waals surface area contributed by atoms with Gasteiger partial charge in [0.05, 0.1) is 5.52 Å². The number of para-hydroxylation sites is 1. The van der Waals surface area contributed by atoms with Crippen molar-refractivity contribution in [3.63, 3.8) is 0 Å². The summed E-state index contributed by atoms with van der Waals surface area (Å²) in [6.07, 6.45) is 0.948. The van der Waals surface area contributed by atoms with Gasteiger partial charge in [0.25, 0.3) is 0 Å². The quantitative estimate of drug-likeness (QED) is 0.823. The van der Waals surface area contributed by atoms with E-state index in [2.05, 4.69) is 48.1 Å². The Hall–Kier alpha value is -1.67. The van der Waals surface area contributed by atoms with Crippen LogP contribution in [0.25, 0.3) is 10.9 Å². The van der Waals surface area contributed by atoms with Crippen LogP contribution < -0.4 is 5.32 Å². The molecule has 2 aromatic rings. The highest BCUT2D eigenvalue weighted by atomic mass is 14.9. The van der Waals surface area contributed by atoms with Gasteiger partial charge < -0.3 is 5.32 Å². The van der Waals surface area contributed by atoms with E-state index in [0.717, 1.165) is 17.6 Å². The van der Waals surface area contributed by atoms with Gasteiger partial charge >= 0.3 is 0 Å². The van der Waals surface area contributed by atoms with Gasteiger partial charge in [0.2, 0.25) is 0 Å². The fraction of sp³-hybridized carbons (Fsp3) is 0.312. The number of hydrogen-bond acceptors (Lipinski definition) is 2. The maximum absolute atomic E-state index is 4.58. The molecule has 2 heteroatoms. The summed E-state index contributed by atoms with van der Waals surface area (Å²) in [6, 6.07) is 10.8. The third-order valence-corrected chi connectivity index (χ3v) is 3.15. The van der Waals surface area contributed by atoms with Gasteiger partial charge in [-0.2, -0.15) is 0 Å². The number of fused-ring (bicyclic) bond motifs is 1. The van der Waals surface area contributed by atoms with Crippen LogP contribution in [0, 0.1) is 6.92 Å². The van der Waals surface area contributed by atoms with E-state index in [0.29, 0.717) is 6.04 Å². The molecule has 0 saturated carbocycles. The van der Waals surface area contributed by atoms with Gasteiger partial charge in [-0.15, -0.1) is 6.58 Å². The van der Waals surface area contributed by atoms with Crippen molar-refractivity contribution in [2.45, 2.75) is 26.3 Å². The van der Waals surface area contributed by atoms with Crippen molar-refractivity contribution in [1.29, 1.82) is 0 Å². The van der Waals surface area contributed by atoms with Crippen molar-refractivity contribution in [2.24, 2.45) is 0 Å². The second kappa shape index (κ2) is 5.32. The molecule has 1 N–H and O–H groups in total. The second-order valence-corrected chi connectivity index (χ2v) is 4.87. The van der Waals surface area contributed by atoms with Gasteiger partial charge in [0.15, 0.2) is 0 Å². The number of nitrogens with zero attached hydrogens (tertiary/aromatic N) is 1. The minimum Gasteiger partial charge on any atom is -0.313 e. The molecule has 1 aromatic carbocycles. The number of hydrogen-bond donors (Lipinski definition) is 1. The van der Waals surface area contributed by atoms with E-state index in [1.54, 1.807) is 0 Å². The molecule has 0 fully saturated rings. The van der Waals surface area contributed by atoms with Crippen LogP contribution in [-0.4, -0.2) is 12.0 Å². The summed E-state index contributed by atoms with van der Waals surface area (Å²) in [5.41, 5.74) is 4.62. The molecule has 2 nitrogen and oxygen atoms in total. The van der Waals surface area contributed by atoms with Crippen LogP contribution >= 0.6 is 0 Å². The minimum absolute atomic E-state index is 0.300. The average molecular weight is 240 g/mol. The monoisotopic (exact) mass is 240 g/mol. The highest BCUT2D eigenvalue weighted by molar-refractivity contribution is 5.82. The Kier molecular flexibility index (Phi) is 3.78. The van der Waals surface area contributed by atoms with Crippen molar-refractivity contribution in [2.75, 3.05) is 7.05 Å². The first-order chi connectivity index (χ1) is 8.61. The summed E-state index contributed by atoms with van der Waals surface area (Å²) in [5.74, 6) is 0. The smallest absolute Gasteiger partial charge is 0.0708 e.